The molecule has 6 nitrogen and oxygen atoms in total. The lowest BCUT2D eigenvalue weighted by molar-refractivity contribution is -0.142. The van der Waals surface area contributed by atoms with Crippen LogP contribution in [-0.2, 0) is 27.3 Å². The third-order valence-corrected chi connectivity index (χ3v) is 4.19. The standard InChI is InChI=1S/C21H24N2O4/c1-16(24)23(15-18-10-6-3-7-11-18)13-12-20(25)22-19(21(26)27)14-17-8-4-2-5-9-17/h2-11,19H,12-15H2,1H3,(H,22,25)(H,26,27)/t19-/m0/s1. The lowest BCUT2D eigenvalue weighted by atomic mass is 10.1. The Morgan fingerprint density at radius 1 is 0.963 bits per heavy atom. The summed E-state index contributed by atoms with van der Waals surface area (Å²) >= 11 is 0. The van der Waals surface area contributed by atoms with Crippen LogP contribution in [0.2, 0.25) is 0 Å². The van der Waals surface area contributed by atoms with E-state index in [1.54, 1.807) is 4.90 Å². The zero-order valence-corrected chi connectivity index (χ0v) is 15.3. The lowest BCUT2D eigenvalue weighted by Crippen LogP contribution is -2.43. The summed E-state index contributed by atoms with van der Waals surface area (Å²) in [5.74, 6) is -1.61. The molecule has 1 atom stereocenters. The number of benzene rings is 2. The molecular weight excluding hydrogens is 344 g/mol. The van der Waals surface area contributed by atoms with Crippen molar-refractivity contribution in [3.63, 3.8) is 0 Å². The second-order valence-electron chi connectivity index (χ2n) is 6.32. The summed E-state index contributed by atoms with van der Waals surface area (Å²) < 4.78 is 0. The van der Waals surface area contributed by atoms with Gasteiger partial charge in [-0.3, -0.25) is 9.59 Å². The van der Waals surface area contributed by atoms with E-state index in [4.69, 9.17) is 0 Å². The predicted molar refractivity (Wildman–Crippen MR) is 102 cm³/mol. The number of carbonyl (C=O) groups is 3. The van der Waals surface area contributed by atoms with Crippen molar-refractivity contribution in [3.8, 4) is 0 Å². The number of carboxylic acids is 1. The van der Waals surface area contributed by atoms with Crippen LogP contribution in [0.1, 0.15) is 24.5 Å². The molecule has 0 saturated heterocycles. The Labute approximate surface area is 158 Å². The van der Waals surface area contributed by atoms with Gasteiger partial charge in [-0.25, -0.2) is 4.79 Å². The number of amides is 2. The Kier molecular flexibility index (Phi) is 7.55. The van der Waals surface area contributed by atoms with Crippen LogP contribution < -0.4 is 5.32 Å². The summed E-state index contributed by atoms with van der Waals surface area (Å²) in [5.41, 5.74) is 1.81. The van der Waals surface area contributed by atoms with Gasteiger partial charge in [-0.2, -0.15) is 0 Å². The van der Waals surface area contributed by atoms with Crippen LogP contribution in [0.3, 0.4) is 0 Å². The van der Waals surface area contributed by atoms with Crippen molar-refractivity contribution in [2.45, 2.75) is 32.4 Å². The molecule has 0 aromatic heterocycles. The Morgan fingerprint density at radius 3 is 2.04 bits per heavy atom. The minimum atomic E-state index is -1.08. The van der Waals surface area contributed by atoms with E-state index in [0.717, 1.165) is 11.1 Å². The normalized spacial score (nSPS) is 11.4. The molecule has 0 fully saturated rings. The predicted octanol–water partition coefficient (Wildman–Crippen LogP) is 2.24. The molecule has 2 aromatic carbocycles. The smallest absolute Gasteiger partial charge is 0.326 e. The van der Waals surface area contributed by atoms with Gasteiger partial charge >= 0.3 is 5.97 Å². The first kappa shape index (κ1) is 20.2. The molecule has 142 valence electrons. The van der Waals surface area contributed by atoms with E-state index in [1.165, 1.54) is 6.92 Å². The van der Waals surface area contributed by atoms with Gasteiger partial charge in [0, 0.05) is 32.9 Å². The fourth-order valence-electron chi connectivity index (χ4n) is 2.70. The van der Waals surface area contributed by atoms with E-state index >= 15 is 0 Å². The third-order valence-electron chi connectivity index (χ3n) is 4.19. The number of carboxylic acid groups (broad SMARTS) is 1. The second kappa shape index (κ2) is 10.1. The molecule has 0 bridgehead atoms. The molecule has 2 amide bonds. The molecule has 27 heavy (non-hydrogen) atoms. The van der Waals surface area contributed by atoms with E-state index in [1.807, 2.05) is 60.7 Å². The van der Waals surface area contributed by atoms with Gasteiger partial charge < -0.3 is 15.3 Å². The monoisotopic (exact) mass is 368 g/mol. The van der Waals surface area contributed by atoms with E-state index in [9.17, 15) is 19.5 Å². The average Bonchev–Trinajstić information content (AvgIpc) is 2.66. The molecule has 2 rings (SSSR count). The van der Waals surface area contributed by atoms with Crippen LogP contribution in [0.5, 0.6) is 0 Å². The Balaban J connectivity index is 1.89. The minimum Gasteiger partial charge on any atom is -0.480 e. The quantitative estimate of drug-likeness (QED) is 0.711. The van der Waals surface area contributed by atoms with Gasteiger partial charge in [0.2, 0.25) is 11.8 Å². The van der Waals surface area contributed by atoms with Crippen molar-refractivity contribution < 1.29 is 19.5 Å². The Morgan fingerprint density at radius 2 is 1.52 bits per heavy atom. The summed E-state index contributed by atoms with van der Waals surface area (Å²) in [6, 6.07) is 17.6. The highest BCUT2D eigenvalue weighted by atomic mass is 16.4. The minimum absolute atomic E-state index is 0.0466. The lowest BCUT2D eigenvalue weighted by Gasteiger charge is -2.21. The van der Waals surface area contributed by atoms with Crippen LogP contribution in [0.15, 0.2) is 60.7 Å². The summed E-state index contributed by atoms with van der Waals surface area (Å²) in [5, 5.41) is 11.9. The number of nitrogens with zero attached hydrogens (tertiary/aromatic N) is 1. The first-order chi connectivity index (χ1) is 13.0. The molecule has 0 aliphatic carbocycles. The van der Waals surface area contributed by atoms with Crippen molar-refractivity contribution in [1.82, 2.24) is 10.2 Å². The summed E-state index contributed by atoms with van der Waals surface area (Å²) in [6.45, 7) is 2.10. The van der Waals surface area contributed by atoms with Crippen molar-refractivity contribution in [1.29, 1.82) is 0 Å². The van der Waals surface area contributed by atoms with Gasteiger partial charge in [0.05, 0.1) is 0 Å². The summed E-state index contributed by atoms with van der Waals surface area (Å²) in [4.78, 5) is 37.1. The van der Waals surface area contributed by atoms with E-state index < -0.39 is 17.9 Å². The molecule has 0 heterocycles. The number of hydrogen-bond donors (Lipinski definition) is 2. The zero-order valence-electron chi connectivity index (χ0n) is 15.3. The molecule has 0 aliphatic heterocycles. The maximum absolute atomic E-state index is 12.2. The second-order valence-corrected chi connectivity index (χ2v) is 6.32. The van der Waals surface area contributed by atoms with Gasteiger partial charge in [0.15, 0.2) is 0 Å². The topological polar surface area (TPSA) is 86.7 Å². The number of nitrogens with one attached hydrogen (secondary N) is 1. The SMILES string of the molecule is CC(=O)N(CCC(=O)N[C@@H](Cc1ccccc1)C(=O)O)Cc1ccccc1. The molecule has 0 radical (unpaired) electrons. The van der Waals surface area contributed by atoms with E-state index in [0.29, 0.717) is 6.54 Å². The number of hydrogen-bond acceptors (Lipinski definition) is 3. The maximum Gasteiger partial charge on any atom is 0.326 e. The molecule has 0 aliphatic rings. The van der Waals surface area contributed by atoms with Crippen molar-refractivity contribution in [2.24, 2.45) is 0 Å². The van der Waals surface area contributed by atoms with E-state index in [2.05, 4.69) is 5.32 Å². The van der Waals surface area contributed by atoms with Gasteiger partial charge in [-0.1, -0.05) is 60.7 Å². The Bertz CT molecular complexity index is 762. The maximum atomic E-state index is 12.2. The molecule has 0 spiro atoms. The zero-order chi connectivity index (χ0) is 19.6. The van der Waals surface area contributed by atoms with Gasteiger partial charge in [-0.15, -0.1) is 0 Å². The van der Waals surface area contributed by atoms with E-state index in [-0.39, 0.29) is 25.3 Å². The molecular formula is C21H24N2O4. The number of carbonyl (C=O) groups excluding carboxylic acids is 2. The summed E-state index contributed by atoms with van der Waals surface area (Å²) in [6.07, 6.45) is 0.257. The third kappa shape index (κ3) is 6.93. The van der Waals surface area contributed by atoms with Crippen LogP contribution in [-0.4, -0.2) is 40.4 Å². The van der Waals surface area contributed by atoms with Crippen molar-refractivity contribution in [3.05, 3.63) is 71.8 Å². The molecule has 0 saturated carbocycles. The van der Waals surface area contributed by atoms with Gasteiger partial charge in [0.25, 0.3) is 0 Å². The van der Waals surface area contributed by atoms with Crippen LogP contribution in [0.4, 0.5) is 0 Å². The molecule has 6 heteroatoms. The van der Waals surface area contributed by atoms with Gasteiger partial charge in [-0.05, 0) is 11.1 Å². The highest BCUT2D eigenvalue weighted by Crippen LogP contribution is 2.07. The fraction of sp³-hybridized carbons (Fsp3) is 0.286. The van der Waals surface area contributed by atoms with Crippen LogP contribution in [0.25, 0.3) is 0 Å². The van der Waals surface area contributed by atoms with Crippen LogP contribution >= 0.6 is 0 Å². The van der Waals surface area contributed by atoms with Crippen LogP contribution in [0, 0.1) is 0 Å². The highest BCUT2D eigenvalue weighted by Gasteiger charge is 2.21. The largest absolute Gasteiger partial charge is 0.480 e. The number of aliphatic carboxylic acids is 1. The Hall–Kier alpha value is -3.15. The first-order valence-electron chi connectivity index (χ1n) is 8.81. The van der Waals surface area contributed by atoms with Gasteiger partial charge in [0.1, 0.15) is 6.04 Å². The van der Waals surface area contributed by atoms with Crippen molar-refractivity contribution >= 4 is 17.8 Å². The van der Waals surface area contributed by atoms with Crippen molar-refractivity contribution in [2.75, 3.05) is 6.54 Å². The molecule has 0 unspecified atom stereocenters. The highest BCUT2D eigenvalue weighted by molar-refractivity contribution is 5.84. The summed E-state index contributed by atoms with van der Waals surface area (Å²) in [7, 11) is 0. The number of rotatable bonds is 9. The average molecular weight is 368 g/mol. The molecule has 2 aromatic rings. The fourth-order valence-corrected chi connectivity index (χ4v) is 2.70. The first-order valence-corrected chi connectivity index (χ1v) is 8.81. The molecule has 2 N–H and O–H groups in total.